The van der Waals surface area contributed by atoms with Gasteiger partial charge >= 0.3 is 0 Å². The molecule has 0 aromatic heterocycles. The molecule has 0 aliphatic heterocycles. The van der Waals surface area contributed by atoms with E-state index in [-0.39, 0.29) is 12.0 Å². The Hall–Kier alpha value is -0.570. The van der Waals surface area contributed by atoms with Gasteiger partial charge in [-0.1, -0.05) is 12.8 Å². The lowest BCUT2D eigenvalue weighted by atomic mass is 10.1. The van der Waals surface area contributed by atoms with E-state index in [4.69, 9.17) is 10.8 Å². The van der Waals surface area contributed by atoms with Crippen molar-refractivity contribution in [1.29, 1.82) is 0 Å². The Kier molecular flexibility index (Phi) is 5.84. The Morgan fingerprint density at radius 1 is 1.45 bits per heavy atom. The maximum atomic E-state index is 10.3. The second-order valence-electron chi connectivity index (χ2n) is 2.91. The van der Waals surface area contributed by atoms with Crippen LogP contribution in [0.5, 0.6) is 0 Å². The number of aliphatic hydroxyl groups is 1. The molecule has 0 rings (SSSR count). The summed E-state index contributed by atoms with van der Waals surface area (Å²) < 4.78 is 0. The lowest BCUT2D eigenvalue weighted by Gasteiger charge is -2.01. The summed E-state index contributed by atoms with van der Waals surface area (Å²) >= 11 is 0. The maximum Gasteiger partial charge on any atom is 0.217 e. The number of hydrogen-bond acceptors (Lipinski definition) is 2. The summed E-state index contributed by atoms with van der Waals surface area (Å²) in [5.74, 6) is -0.234. The first-order valence-corrected chi connectivity index (χ1v) is 4.09. The molecule has 0 heterocycles. The number of unbranched alkanes of at least 4 members (excludes halogenated alkanes) is 2. The minimum absolute atomic E-state index is 0.219. The highest BCUT2D eigenvalue weighted by molar-refractivity contribution is 5.73. The number of nitrogens with two attached hydrogens (primary N) is 1. The number of aliphatic hydroxyl groups excluding tert-OH is 1. The van der Waals surface area contributed by atoms with Gasteiger partial charge in [0.15, 0.2) is 0 Å². The molecule has 1 unspecified atom stereocenters. The second-order valence-corrected chi connectivity index (χ2v) is 2.91. The van der Waals surface area contributed by atoms with Crippen molar-refractivity contribution in [3.8, 4) is 0 Å². The zero-order chi connectivity index (χ0) is 8.69. The fourth-order valence-electron chi connectivity index (χ4n) is 0.916. The van der Waals surface area contributed by atoms with Gasteiger partial charge in [0.25, 0.3) is 0 Å². The van der Waals surface area contributed by atoms with E-state index in [1.165, 1.54) is 0 Å². The summed E-state index contributed by atoms with van der Waals surface area (Å²) in [6.45, 7) is 1.77. The Morgan fingerprint density at radius 3 is 2.55 bits per heavy atom. The molecule has 3 nitrogen and oxygen atoms in total. The number of primary amides is 1. The van der Waals surface area contributed by atoms with Crippen molar-refractivity contribution < 1.29 is 9.90 Å². The average molecular weight is 159 g/mol. The number of hydrogen-bond donors (Lipinski definition) is 2. The normalized spacial score (nSPS) is 12.9. The summed E-state index contributed by atoms with van der Waals surface area (Å²) in [7, 11) is 0. The molecule has 0 bridgehead atoms. The van der Waals surface area contributed by atoms with Crippen LogP contribution in [0.1, 0.15) is 39.0 Å². The van der Waals surface area contributed by atoms with Gasteiger partial charge < -0.3 is 10.8 Å². The van der Waals surface area contributed by atoms with Crippen LogP contribution in [-0.2, 0) is 4.79 Å². The summed E-state index contributed by atoms with van der Waals surface area (Å²) in [5.41, 5.74) is 4.95. The Labute approximate surface area is 67.6 Å². The number of carbonyl (C=O) groups excluding carboxylic acids is 1. The van der Waals surface area contributed by atoms with Crippen molar-refractivity contribution in [2.75, 3.05) is 0 Å². The van der Waals surface area contributed by atoms with E-state index in [0.29, 0.717) is 6.42 Å². The lowest BCUT2D eigenvalue weighted by Crippen LogP contribution is -2.09. The fourth-order valence-corrected chi connectivity index (χ4v) is 0.916. The van der Waals surface area contributed by atoms with Crippen LogP contribution in [0.25, 0.3) is 0 Å². The van der Waals surface area contributed by atoms with E-state index < -0.39 is 0 Å². The predicted octanol–water partition coefficient (Wildman–Crippen LogP) is 0.803. The van der Waals surface area contributed by atoms with Gasteiger partial charge in [0, 0.05) is 6.42 Å². The molecular weight excluding hydrogens is 142 g/mol. The van der Waals surface area contributed by atoms with Gasteiger partial charge in [-0.3, -0.25) is 4.79 Å². The summed E-state index contributed by atoms with van der Waals surface area (Å²) in [4.78, 5) is 10.3. The highest BCUT2D eigenvalue weighted by Gasteiger charge is 1.96. The molecule has 0 aromatic carbocycles. The largest absolute Gasteiger partial charge is 0.393 e. The molecule has 0 aliphatic rings. The van der Waals surface area contributed by atoms with Crippen LogP contribution in [-0.4, -0.2) is 17.1 Å². The Balaban J connectivity index is 2.97. The van der Waals surface area contributed by atoms with E-state index in [9.17, 15) is 4.79 Å². The predicted molar refractivity (Wildman–Crippen MR) is 44.0 cm³/mol. The molecular formula is C8H17NO2. The van der Waals surface area contributed by atoms with Gasteiger partial charge in [-0.2, -0.15) is 0 Å². The molecule has 0 saturated heterocycles. The minimum atomic E-state index is -0.234. The first-order valence-electron chi connectivity index (χ1n) is 4.09. The maximum absolute atomic E-state index is 10.3. The quantitative estimate of drug-likeness (QED) is 0.563. The van der Waals surface area contributed by atoms with Crippen LogP contribution in [0.4, 0.5) is 0 Å². The van der Waals surface area contributed by atoms with E-state index in [2.05, 4.69) is 0 Å². The Bertz CT molecular complexity index is 113. The van der Waals surface area contributed by atoms with Crippen molar-refractivity contribution in [3.05, 3.63) is 0 Å². The molecule has 0 saturated carbocycles. The SMILES string of the molecule is CC(O)CCCCCC(N)=O. The first kappa shape index (κ1) is 10.4. The fraction of sp³-hybridized carbons (Fsp3) is 0.875. The molecule has 0 fully saturated rings. The van der Waals surface area contributed by atoms with Gasteiger partial charge in [-0.25, -0.2) is 0 Å². The topological polar surface area (TPSA) is 63.3 Å². The van der Waals surface area contributed by atoms with Crippen molar-refractivity contribution in [2.24, 2.45) is 5.73 Å². The molecule has 0 radical (unpaired) electrons. The number of rotatable bonds is 6. The standard InChI is InChI=1S/C8H17NO2/c1-7(10)5-3-2-4-6-8(9)11/h7,10H,2-6H2,1H3,(H2,9,11). The zero-order valence-corrected chi connectivity index (χ0v) is 7.05. The second kappa shape index (κ2) is 6.16. The van der Waals surface area contributed by atoms with Crippen molar-refractivity contribution in [2.45, 2.75) is 45.1 Å². The molecule has 66 valence electrons. The van der Waals surface area contributed by atoms with Crippen molar-refractivity contribution in [1.82, 2.24) is 0 Å². The van der Waals surface area contributed by atoms with Crippen molar-refractivity contribution >= 4 is 5.91 Å². The van der Waals surface area contributed by atoms with Crippen LogP contribution < -0.4 is 5.73 Å². The van der Waals surface area contributed by atoms with Crippen LogP contribution >= 0.6 is 0 Å². The highest BCUT2D eigenvalue weighted by atomic mass is 16.3. The van der Waals surface area contributed by atoms with Crippen LogP contribution in [0.3, 0.4) is 0 Å². The van der Waals surface area contributed by atoms with Gasteiger partial charge in [0.05, 0.1) is 6.10 Å². The lowest BCUT2D eigenvalue weighted by molar-refractivity contribution is -0.118. The third kappa shape index (κ3) is 9.43. The van der Waals surface area contributed by atoms with Gasteiger partial charge in [0.1, 0.15) is 0 Å². The van der Waals surface area contributed by atoms with Gasteiger partial charge in [0.2, 0.25) is 5.91 Å². The molecule has 1 amide bonds. The smallest absolute Gasteiger partial charge is 0.217 e. The molecule has 0 aromatic rings. The number of amides is 1. The van der Waals surface area contributed by atoms with Crippen LogP contribution in [0.2, 0.25) is 0 Å². The molecule has 11 heavy (non-hydrogen) atoms. The van der Waals surface area contributed by atoms with E-state index in [0.717, 1.165) is 25.7 Å². The van der Waals surface area contributed by atoms with Gasteiger partial charge in [-0.15, -0.1) is 0 Å². The van der Waals surface area contributed by atoms with E-state index in [1.807, 2.05) is 0 Å². The molecule has 3 heteroatoms. The highest BCUT2D eigenvalue weighted by Crippen LogP contribution is 2.04. The third-order valence-electron chi connectivity index (χ3n) is 1.55. The number of carbonyl (C=O) groups is 1. The first-order chi connectivity index (χ1) is 5.13. The minimum Gasteiger partial charge on any atom is -0.393 e. The van der Waals surface area contributed by atoms with Crippen LogP contribution in [0.15, 0.2) is 0 Å². The van der Waals surface area contributed by atoms with E-state index in [1.54, 1.807) is 6.92 Å². The average Bonchev–Trinajstić information content (AvgIpc) is 1.85. The summed E-state index contributed by atoms with van der Waals surface area (Å²) in [5, 5.41) is 8.87. The molecule has 0 spiro atoms. The van der Waals surface area contributed by atoms with Gasteiger partial charge in [-0.05, 0) is 19.8 Å². The zero-order valence-electron chi connectivity index (χ0n) is 7.05. The monoisotopic (exact) mass is 159 g/mol. The summed E-state index contributed by atoms with van der Waals surface area (Å²) in [6.07, 6.45) is 3.88. The van der Waals surface area contributed by atoms with E-state index >= 15 is 0 Å². The molecule has 1 atom stereocenters. The Morgan fingerprint density at radius 2 is 2.09 bits per heavy atom. The van der Waals surface area contributed by atoms with Crippen molar-refractivity contribution in [3.63, 3.8) is 0 Å². The third-order valence-corrected chi connectivity index (χ3v) is 1.55. The molecule has 0 aliphatic carbocycles. The summed E-state index contributed by atoms with van der Waals surface area (Å²) in [6, 6.07) is 0. The molecule has 3 N–H and O–H groups in total. The van der Waals surface area contributed by atoms with Crippen LogP contribution in [0, 0.1) is 0 Å².